The third-order valence-electron chi connectivity index (χ3n) is 2.93. The molecule has 1 saturated heterocycles. The fourth-order valence-corrected chi connectivity index (χ4v) is 1.80. The van der Waals surface area contributed by atoms with E-state index in [4.69, 9.17) is 0 Å². The summed E-state index contributed by atoms with van der Waals surface area (Å²) in [5.74, 6) is -6.92. The monoisotopic (exact) mass is 284 g/mol. The molecule has 8 heteroatoms. The molecular formula is C11H16F4N2O2. The minimum atomic E-state index is -4.66. The number of carbonyl (C=O) groups excluding carboxylic acids is 2. The SMILES string of the molecule is CC(C)C(=O)N1CCN(C(=O)C(F)(F)C(F)F)CC1. The molecule has 0 atom stereocenters. The highest BCUT2D eigenvalue weighted by Gasteiger charge is 2.51. The summed E-state index contributed by atoms with van der Waals surface area (Å²) in [6, 6.07) is 0. The first-order valence-corrected chi connectivity index (χ1v) is 5.92. The topological polar surface area (TPSA) is 40.6 Å². The van der Waals surface area contributed by atoms with Crippen LogP contribution in [-0.4, -0.2) is 60.1 Å². The molecule has 0 aromatic carbocycles. The number of halogens is 4. The Bertz CT molecular complexity index is 353. The largest absolute Gasteiger partial charge is 0.383 e. The van der Waals surface area contributed by atoms with E-state index < -0.39 is 18.3 Å². The van der Waals surface area contributed by atoms with Gasteiger partial charge >= 0.3 is 12.3 Å². The molecule has 1 aliphatic heterocycles. The van der Waals surface area contributed by atoms with Gasteiger partial charge in [0, 0.05) is 32.1 Å². The molecule has 2 amide bonds. The van der Waals surface area contributed by atoms with E-state index in [1.807, 2.05) is 0 Å². The van der Waals surface area contributed by atoms with Gasteiger partial charge in [0.05, 0.1) is 0 Å². The molecule has 0 radical (unpaired) electrons. The zero-order valence-electron chi connectivity index (χ0n) is 10.7. The minimum Gasteiger partial charge on any atom is -0.339 e. The highest BCUT2D eigenvalue weighted by atomic mass is 19.3. The minimum absolute atomic E-state index is 0.0854. The van der Waals surface area contributed by atoms with Crippen LogP contribution in [0, 0.1) is 5.92 Å². The molecule has 0 bridgehead atoms. The lowest BCUT2D eigenvalue weighted by Gasteiger charge is -2.36. The van der Waals surface area contributed by atoms with Crippen molar-refractivity contribution >= 4 is 11.8 Å². The average molecular weight is 284 g/mol. The molecule has 0 aromatic rings. The van der Waals surface area contributed by atoms with Crippen LogP contribution in [0.15, 0.2) is 0 Å². The number of alkyl halides is 4. The molecule has 0 spiro atoms. The van der Waals surface area contributed by atoms with Crippen LogP contribution >= 0.6 is 0 Å². The van der Waals surface area contributed by atoms with Gasteiger partial charge in [-0.3, -0.25) is 9.59 Å². The first kappa shape index (κ1) is 15.7. The van der Waals surface area contributed by atoms with E-state index in [9.17, 15) is 27.2 Å². The Hall–Kier alpha value is -1.34. The van der Waals surface area contributed by atoms with Crippen molar-refractivity contribution in [3.05, 3.63) is 0 Å². The van der Waals surface area contributed by atoms with E-state index in [0.29, 0.717) is 4.90 Å². The Morgan fingerprint density at radius 3 is 1.79 bits per heavy atom. The van der Waals surface area contributed by atoms with Crippen molar-refractivity contribution < 1.29 is 27.2 Å². The molecule has 1 fully saturated rings. The van der Waals surface area contributed by atoms with Gasteiger partial charge < -0.3 is 9.80 Å². The van der Waals surface area contributed by atoms with Crippen molar-refractivity contribution in [1.82, 2.24) is 9.80 Å². The maximum absolute atomic E-state index is 12.9. The third-order valence-corrected chi connectivity index (χ3v) is 2.93. The molecule has 1 heterocycles. The number of rotatable bonds is 3. The zero-order valence-corrected chi connectivity index (χ0v) is 10.7. The molecular weight excluding hydrogens is 268 g/mol. The van der Waals surface area contributed by atoms with Crippen molar-refractivity contribution in [2.75, 3.05) is 26.2 Å². The number of amides is 2. The van der Waals surface area contributed by atoms with E-state index in [1.165, 1.54) is 4.90 Å². The quantitative estimate of drug-likeness (QED) is 0.731. The summed E-state index contributed by atoms with van der Waals surface area (Å²) in [7, 11) is 0. The van der Waals surface area contributed by atoms with Crippen LogP contribution < -0.4 is 0 Å². The summed E-state index contributed by atoms with van der Waals surface area (Å²) in [6.07, 6.45) is -4.02. The Balaban J connectivity index is 2.60. The molecule has 110 valence electrons. The Kier molecular flexibility index (Phi) is 4.75. The molecule has 1 aliphatic rings. The van der Waals surface area contributed by atoms with Crippen molar-refractivity contribution in [1.29, 1.82) is 0 Å². The van der Waals surface area contributed by atoms with Crippen LogP contribution in [-0.2, 0) is 9.59 Å². The van der Waals surface area contributed by atoms with E-state index in [1.54, 1.807) is 13.8 Å². The van der Waals surface area contributed by atoms with Gasteiger partial charge in [0.2, 0.25) is 5.91 Å². The number of hydrogen-bond donors (Lipinski definition) is 0. The highest BCUT2D eigenvalue weighted by Crippen LogP contribution is 2.26. The van der Waals surface area contributed by atoms with Gasteiger partial charge in [-0.05, 0) is 0 Å². The van der Waals surface area contributed by atoms with Gasteiger partial charge in [-0.1, -0.05) is 13.8 Å². The van der Waals surface area contributed by atoms with Gasteiger partial charge in [-0.15, -0.1) is 0 Å². The molecule has 4 nitrogen and oxygen atoms in total. The number of hydrogen-bond acceptors (Lipinski definition) is 2. The van der Waals surface area contributed by atoms with Gasteiger partial charge in [-0.25, -0.2) is 8.78 Å². The summed E-state index contributed by atoms with van der Waals surface area (Å²) in [4.78, 5) is 25.0. The Morgan fingerprint density at radius 2 is 1.42 bits per heavy atom. The van der Waals surface area contributed by atoms with Crippen LogP contribution in [0.25, 0.3) is 0 Å². The number of nitrogens with zero attached hydrogens (tertiary/aromatic N) is 2. The third kappa shape index (κ3) is 3.36. The molecule has 1 rings (SSSR count). The predicted molar refractivity (Wildman–Crippen MR) is 58.9 cm³/mol. The van der Waals surface area contributed by atoms with E-state index in [2.05, 4.69) is 0 Å². The standard InChI is InChI=1S/C11H16F4N2O2/c1-7(2)8(18)16-3-5-17(6-4-16)10(19)11(14,15)9(12)13/h7,9H,3-6H2,1-2H3. The molecule has 0 aromatic heterocycles. The van der Waals surface area contributed by atoms with Crippen molar-refractivity contribution in [3.8, 4) is 0 Å². The Labute approximate surface area is 108 Å². The van der Waals surface area contributed by atoms with E-state index >= 15 is 0 Å². The first-order valence-electron chi connectivity index (χ1n) is 5.92. The summed E-state index contributed by atoms with van der Waals surface area (Å²) < 4.78 is 49.9. The number of piperazine rings is 1. The lowest BCUT2D eigenvalue weighted by Crippen LogP contribution is -2.56. The fraction of sp³-hybridized carbons (Fsp3) is 0.818. The summed E-state index contributed by atoms with van der Waals surface area (Å²) in [5, 5.41) is 0. The van der Waals surface area contributed by atoms with Crippen molar-refractivity contribution in [2.24, 2.45) is 5.92 Å². The first-order chi connectivity index (χ1) is 8.67. The average Bonchev–Trinajstić information content (AvgIpc) is 2.36. The van der Waals surface area contributed by atoms with Gasteiger partial charge in [0.25, 0.3) is 5.91 Å². The van der Waals surface area contributed by atoms with Crippen LogP contribution in [0.3, 0.4) is 0 Å². The molecule has 0 unspecified atom stereocenters. The van der Waals surface area contributed by atoms with Crippen LogP contribution in [0.5, 0.6) is 0 Å². The van der Waals surface area contributed by atoms with Crippen LogP contribution in [0.1, 0.15) is 13.8 Å². The summed E-state index contributed by atoms with van der Waals surface area (Å²) in [5.41, 5.74) is 0. The lowest BCUT2D eigenvalue weighted by atomic mass is 10.1. The Morgan fingerprint density at radius 1 is 1.00 bits per heavy atom. The van der Waals surface area contributed by atoms with Gasteiger partial charge in [-0.2, -0.15) is 8.78 Å². The zero-order chi connectivity index (χ0) is 14.8. The van der Waals surface area contributed by atoms with E-state index in [-0.39, 0.29) is 38.0 Å². The van der Waals surface area contributed by atoms with Crippen molar-refractivity contribution in [2.45, 2.75) is 26.2 Å². The van der Waals surface area contributed by atoms with Gasteiger partial charge in [0.1, 0.15) is 0 Å². The van der Waals surface area contributed by atoms with Crippen LogP contribution in [0.2, 0.25) is 0 Å². The fourth-order valence-electron chi connectivity index (χ4n) is 1.80. The number of carbonyl (C=O) groups is 2. The maximum Gasteiger partial charge on any atom is 0.383 e. The van der Waals surface area contributed by atoms with Gasteiger partial charge in [0.15, 0.2) is 0 Å². The summed E-state index contributed by atoms with van der Waals surface area (Å²) >= 11 is 0. The lowest BCUT2D eigenvalue weighted by molar-refractivity contribution is -0.182. The molecule has 0 N–H and O–H groups in total. The molecule has 0 saturated carbocycles. The normalized spacial score (nSPS) is 17.3. The van der Waals surface area contributed by atoms with E-state index in [0.717, 1.165) is 0 Å². The predicted octanol–water partition coefficient (Wildman–Crippen LogP) is 1.21. The maximum atomic E-state index is 12.9. The second kappa shape index (κ2) is 5.75. The summed E-state index contributed by atoms with van der Waals surface area (Å²) in [6.45, 7) is 3.26. The second-order valence-corrected chi connectivity index (χ2v) is 4.70. The highest BCUT2D eigenvalue weighted by molar-refractivity contribution is 5.84. The second-order valence-electron chi connectivity index (χ2n) is 4.70. The smallest absolute Gasteiger partial charge is 0.339 e. The molecule has 0 aliphatic carbocycles. The van der Waals surface area contributed by atoms with Crippen LogP contribution in [0.4, 0.5) is 17.6 Å². The molecule has 19 heavy (non-hydrogen) atoms. The van der Waals surface area contributed by atoms with Crippen molar-refractivity contribution in [3.63, 3.8) is 0 Å².